The summed E-state index contributed by atoms with van der Waals surface area (Å²) in [5, 5.41) is 0.780. The lowest BCUT2D eigenvalue weighted by atomic mass is 9.84. The highest BCUT2D eigenvalue weighted by atomic mass is 35.5. The van der Waals surface area contributed by atoms with Gasteiger partial charge in [0.2, 0.25) is 0 Å². The van der Waals surface area contributed by atoms with Crippen LogP contribution in [0.4, 0.5) is 0 Å². The van der Waals surface area contributed by atoms with Crippen molar-refractivity contribution in [2.75, 3.05) is 6.54 Å². The van der Waals surface area contributed by atoms with Crippen LogP contribution in [-0.2, 0) is 5.41 Å². The van der Waals surface area contributed by atoms with Crippen LogP contribution >= 0.6 is 11.6 Å². The van der Waals surface area contributed by atoms with Crippen molar-refractivity contribution in [3.05, 3.63) is 34.6 Å². The Morgan fingerprint density at radius 3 is 2.65 bits per heavy atom. The van der Waals surface area contributed by atoms with Crippen LogP contribution in [0.3, 0.4) is 0 Å². The van der Waals surface area contributed by atoms with Gasteiger partial charge in [-0.3, -0.25) is 9.98 Å². The van der Waals surface area contributed by atoms with Gasteiger partial charge in [-0.05, 0) is 17.9 Å². The SMILES string of the molecule is CC(C)(C)c1c(Cl)ccnc1C1=CCCN=C1. The molecule has 0 saturated heterocycles. The Balaban J connectivity index is 2.58. The van der Waals surface area contributed by atoms with Gasteiger partial charge >= 0.3 is 0 Å². The summed E-state index contributed by atoms with van der Waals surface area (Å²) in [6.45, 7) is 7.33. The highest BCUT2D eigenvalue weighted by Gasteiger charge is 2.23. The van der Waals surface area contributed by atoms with Gasteiger partial charge in [0, 0.05) is 35.1 Å². The molecule has 2 heterocycles. The van der Waals surface area contributed by atoms with E-state index < -0.39 is 0 Å². The first-order valence-corrected chi connectivity index (χ1v) is 6.23. The molecule has 0 aromatic carbocycles. The van der Waals surface area contributed by atoms with E-state index in [9.17, 15) is 0 Å². The van der Waals surface area contributed by atoms with Gasteiger partial charge in [0.15, 0.2) is 0 Å². The van der Waals surface area contributed by atoms with E-state index in [0.717, 1.165) is 34.8 Å². The molecule has 0 radical (unpaired) electrons. The molecule has 0 amide bonds. The number of hydrogen-bond donors (Lipinski definition) is 0. The molecule has 0 N–H and O–H groups in total. The molecule has 0 fully saturated rings. The molecule has 2 rings (SSSR count). The Hall–Kier alpha value is -1.15. The number of allylic oxidation sites excluding steroid dienone is 1. The molecule has 1 aliphatic rings. The molecule has 0 spiro atoms. The molecular weight excluding hydrogens is 232 g/mol. The van der Waals surface area contributed by atoms with Crippen molar-refractivity contribution >= 4 is 23.4 Å². The number of pyridine rings is 1. The van der Waals surface area contributed by atoms with E-state index in [2.05, 4.69) is 36.8 Å². The Bertz CT molecular complexity index is 481. The van der Waals surface area contributed by atoms with Crippen molar-refractivity contribution in [2.45, 2.75) is 32.6 Å². The highest BCUT2D eigenvalue weighted by molar-refractivity contribution is 6.32. The van der Waals surface area contributed by atoms with E-state index in [1.165, 1.54) is 0 Å². The first-order chi connectivity index (χ1) is 8.00. The average Bonchev–Trinajstić information content (AvgIpc) is 2.28. The predicted octanol–water partition coefficient (Wildman–Crippen LogP) is 3.89. The van der Waals surface area contributed by atoms with Crippen LogP contribution in [0.25, 0.3) is 5.57 Å². The summed E-state index contributed by atoms with van der Waals surface area (Å²) >= 11 is 6.32. The second-order valence-corrected chi connectivity index (χ2v) is 5.66. The third-order valence-electron chi connectivity index (χ3n) is 2.78. The summed E-state index contributed by atoms with van der Waals surface area (Å²) < 4.78 is 0. The molecule has 0 aliphatic carbocycles. The van der Waals surface area contributed by atoms with Gasteiger partial charge in [-0.1, -0.05) is 38.4 Å². The number of aromatic nitrogens is 1. The molecule has 3 heteroatoms. The Labute approximate surface area is 107 Å². The molecule has 0 unspecified atom stereocenters. The van der Waals surface area contributed by atoms with E-state index in [4.69, 9.17) is 11.6 Å². The van der Waals surface area contributed by atoms with Crippen LogP contribution in [0.2, 0.25) is 5.02 Å². The van der Waals surface area contributed by atoms with Crippen molar-refractivity contribution < 1.29 is 0 Å². The highest BCUT2D eigenvalue weighted by Crippen LogP contribution is 2.34. The molecule has 1 aromatic heterocycles. The van der Waals surface area contributed by atoms with Crippen molar-refractivity contribution in [1.29, 1.82) is 0 Å². The van der Waals surface area contributed by atoms with Crippen molar-refractivity contribution in [3.63, 3.8) is 0 Å². The molecule has 17 heavy (non-hydrogen) atoms. The van der Waals surface area contributed by atoms with Gasteiger partial charge in [-0.15, -0.1) is 0 Å². The fourth-order valence-corrected chi connectivity index (χ4v) is 2.47. The van der Waals surface area contributed by atoms with Crippen LogP contribution in [-0.4, -0.2) is 17.7 Å². The molecule has 0 bridgehead atoms. The molecule has 1 aliphatic heterocycles. The van der Waals surface area contributed by atoms with Crippen molar-refractivity contribution in [2.24, 2.45) is 4.99 Å². The van der Waals surface area contributed by atoms with E-state index >= 15 is 0 Å². The van der Waals surface area contributed by atoms with Crippen LogP contribution in [0.1, 0.15) is 38.4 Å². The van der Waals surface area contributed by atoms with E-state index in [0.29, 0.717) is 0 Å². The zero-order chi connectivity index (χ0) is 12.5. The van der Waals surface area contributed by atoms with Gasteiger partial charge in [0.1, 0.15) is 0 Å². The summed E-state index contributed by atoms with van der Waals surface area (Å²) in [6.07, 6.45) is 6.82. The van der Waals surface area contributed by atoms with Crippen molar-refractivity contribution in [3.8, 4) is 0 Å². The number of nitrogens with zero attached hydrogens (tertiary/aromatic N) is 2. The number of hydrogen-bond acceptors (Lipinski definition) is 2. The van der Waals surface area contributed by atoms with Gasteiger partial charge in [-0.25, -0.2) is 0 Å². The number of halogens is 1. The van der Waals surface area contributed by atoms with Gasteiger partial charge < -0.3 is 0 Å². The minimum Gasteiger partial charge on any atom is -0.292 e. The fraction of sp³-hybridized carbons (Fsp3) is 0.429. The number of dihydropyridines is 1. The van der Waals surface area contributed by atoms with E-state index in [1.807, 2.05) is 12.3 Å². The quantitative estimate of drug-likeness (QED) is 0.740. The van der Waals surface area contributed by atoms with E-state index in [1.54, 1.807) is 6.20 Å². The zero-order valence-electron chi connectivity index (χ0n) is 10.5. The Morgan fingerprint density at radius 1 is 1.29 bits per heavy atom. The summed E-state index contributed by atoms with van der Waals surface area (Å²) in [5.74, 6) is 0. The average molecular weight is 249 g/mol. The maximum Gasteiger partial charge on any atom is 0.0766 e. The van der Waals surface area contributed by atoms with Crippen LogP contribution in [0.15, 0.2) is 23.3 Å². The second-order valence-electron chi connectivity index (χ2n) is 5.25. The lowest BCUT2D eigenvalue weighted by Gasteiger charge is -2.24. The summed E-state index contributed by atoms with van der Waals surface area (Å²) in [5.41, 5.74) is 3.13. The molecule has 0 atom stereocenters. The monoisotopic (exact) mass is 248 g/mol. The summed E-state index contributed by atoms with van der Waals surface area (Å²) in [6, 6.07) is 1.85. The lowest BCUT2D eigenvalue weighted by molar-refractivity contribution is 0.586. The van der Waals surface area contributed by atoms with Crippen LogP contribution < -0.4 is 0 Å². The Kier molecular flexibility index (Phi) is 3.34. The van der Waals surface area contributed by atoms with E-state index in [-0.39, 0.29) is 5.41 Å². The standard InChI is InChI=1S/C14H17ClN2/c1-14(2,3)12-11(15)6-8-17-13(12)10-5-4-7-16-9-10/h5-6,8-9H,4,7H2,1-3H3. The molecular formula is C14H17ClN2. The molecule has 1 aromatic rings. The molecule has 2 nitrogen and oxygen atoms in total. The third-order valence-corrected chi connectivity index (χ3v) is 3.09. The summed E-state index contributed by atoms with van der Waals surface area (Å²) in [4.78, 5) is 8.80. The molecule has 90 valence electrons. The zero-order valence-corrected chi connectivity index (χ0v) is 11.3. The largest absolute Gasteiger partial charge is 0.292 e. The summed E-state index contributed by atoms with van der Waals surface area (Å²) in [7, 11) is 0. The van der Waals surface area contributed by atoms with Gasteiger partial charge in [-0.2, -0.15) is 0 Å². The van der Waals surface area contributed by atoms with Crippen LogP contribution in [0, 0.1) is 0 Å². The normalized spacial score (nSPS) is 15.9. The first kappa shape index (κ1) is 12.3. The Morgan fingerprint density at radius 2 is 2.06 bits per heavy atom. The van der Waals surface area contributed by atoms with Crippen LogP contribution in [0.5, 0.6) is 0 Å². The number of aliphatic imine (C=N–C) groups is 1. The van der Waals surface area contributed by atoms with Gasteiger partial charge in [0.25, 0.3) is 0 Å². The minimum atomic E-state index is -0.0210. The van der Waals surface area contributed by atoms with Crippen molar-refractivity contribution in [1.82, 2.24) is 4.98 Å². The van der Waals surface area contributed by atoms with Gasteiger partial charge in [0.05, 0.1) is 5.69 Å². The smallest absolute Gasteiger partial charge is 0.0766 e. The minimum absolute atomic E-state index is 0.0210. The lowest BCUT2D eigenvalue weighted by Crippen LogP contribution is -2.16. The predicted molar refractivity (Wildman–Crippen MR) is 73.9 cm³/mol. The number of rotatable bonds is 1. The maximum absolute atomic E-state index is 6.32. The second kappa shape index (κ2) is 4.61. The maximum atomic E-state index is 6.32. The third kappa shape index (κ3) is 2.58. The topological polar surface area (TPSA) is 25.2 Å². The fourth-order valence-electron chi connectivity index (χ4n) is 2.04. The molecule has 0 saturated carbocycles. The first-order valence-electron chi connectivity index (χ1n) is 5.85.